The number of rotatable bonds is 4. The number of Topliss-reactive ketones (excluding diaryl/α,β-unsaturated/α-hetero) is 1. The van der Waals surface area contributed by atoms with Crippen LogP contribution in [0.2, 0.25) is 0 Å². The third-order valence-corrected chi connectivity index (χ3v) is 9.48. The lowest BCUT2D eigenvalue weighted by Gasteiger charge is -2.62. The summed E-state index contributed by atoms with van der Waals surface area (Å²) in [6.07, 6.45) is 3.70. The summed E-state index contributed by atoms with van der Waals surface area (Å²) in [5.74, 6) is -2.87. The molecule has 4 rings (SSSR count). The fraction of sp³-hybridized carbons (Fsp3) is 0.727. The van der Waals surface area contributed by atoms with Crippen LogP contribution in [0.1, 0.15) is 46.5 Å². The molecule has 0 aromatic rings. The van der Waals surface area contributed by atoms with Gasteiger partial charge in [-0.25, -0.2) is 8.96 Å². The number of fused-ring (bicyclic) bond motifs is 5. The molecule has 10 heteroatoms. The molecule has 8 nitrogen and oxygen atoms in total. The van der Waals surface area contributed by atoms with Crippen molar-refractivity contribution >= 4 is 19.4 Å². The maximum atomic E-state index is 17.0. The van der Waals surface area contributed by atoms with E-state index in [1.165, 1.54) is 18.2 Å². The second-order valence-electron chi connectivity index (χ2n) is 10.4. The van der Waals surface area contributed by atoms with Gasteiger partial charge in [0.05, 0.1) is 6.10 Å². The van der Waals surface area contributed by atoms with E-state index < -0.39 is 66.2 Å². The highest BCUT2D eigenvalue weighted by Crippen LogP contribution is 2.70. The van der Waals surface area contributed by atoms with Crippen LogP contribution in [-0.2, 0) is 18.7 Å². The summed E-state index contributed by atoms with van der Waals surface area (Å²) in [7, 11) is -4.93. The number of halogens is 1. The second kappa shape index (κ2) is 7.14. The van der Waals surface area contributed by atoms with Crippen molar-refractivity contribution in [3.8, 4) is 0 Å². The smallest absolute Gasteiger partial charge is 0.390 e. The Morgan fingerprint density at radius 3 is 2.59 bits per heavy atom. The summed E-state index contributed by atoms with van der Waals surface area (Å²) in [5, 5.41) is 22.8. The molecule has 0 heterocycles. The Morgan fingerprint density at radius 1 is 1.31 bits per heavy atom. The SMILES string of the molecule is C[C@@H]1C[C@H]2[C@@H]3CCC4=CC(=O)C=C[C@]4(C)[C@@]3(F)[C@@H](O)C[C@]2(C)C1(O)C(=O)COP(=O)(O)O. The summed E-state index contributed by atoms with van der Waals surface area (Å²) < 4.78 is 32.5. The average Bonchev–Trinajstić information content (AvgIpc) is 2.89. The molecule has 1 unspecified atom stereocenters. The number of allylic oxidation sites excluding steroid dienone is 4. The summed E-state index contributed by atoms with van der Waals surface area (Å²) >= 11 is 0. The first-order valence-electron chi connectivity index (χ1n) is 10.9. The van der Waals surface area contributed by atoms with E-state index in [1.54, 1.807) is 20.8 Å². The molecule has 4 aliphatic carbocycles. The molecule has 0 saturated heterocycles. The van der Waals surface area contributed by atoms with Crippen LogP contribution in [0.3, 0.4) is 0 Å². The Labute approximate surface area is 185 Å². The molecule has 0 bridgehead atoms. The van der Waals surface area contributed by atoms with Crippen LogP contribution < -0.4 is 0 Å². The van der Waals surface area contributed by atoms with Gasteiger partial charge < -0.3 is 20.0 Å². The molecule has 0 aromatic heterocycles. The van der Waals surface area contributed by atoms with E-state index in [9.17, 15) is 24.4 Å². The van der Waals surface area contributed by atoms with E-state index in [0.717, 1.165) is 0 Å². The van der Waals surface area contributed by atoms with Gasteiger partial charge in [-0.05, 0) is 56.6 Å². The number of alkyl halides is 1. The molecule has 3 saturated carbocycles. The first-order valence-corrected chi connectivity index (χ1v) is 12.4. The zero-order valence-corrected chi connectivity index (χ0v) is 19.2. The van der Waals surface area contributed by atoms with Gasteiger partial charge in [-0.3, -0.25) is 14.1 Å². The Balaban J connectivity index is 1.74. The summed E-state index contributed by atoms with van der Waals surface area (Å²) in [4.78, 5) is 42.8. The van der Waals surface area contributed by atoms with E-state index in [2.05, 4.69) is 4.52 Å². The Morgan fingerprint density at radius 2 is 1.97 bits per heavy atom. The normalized spacial score (nSPS) is 48.0. The van der Waals surface area contributed by atoms with Gasteiger partial charge in [0.15, 0.2) is 17.2 Å². The first kappa shape index (κ1) is 23.9. The van der Waals surface area contributed by atoms with Crippen molar-refractivity contribution in [2.75, 3.05) is 6.61 Å². The predicted octanol–water partition coefficient (Wildman–Crippen LogP) is 2.01. The minimum Gasteiger partial charge on any atom is -0.390 e. The predicted molar refractivity (Wildman–Crippen MR) is 111 cm³/mol. The fourth-order valence-electron chi connectivity index (χ4n) is 7.39. The number of aliphatic hydroxyl groups is 2. The van der Waals surface area contributed by atoms with E-state index in [0.29, 0.717) is 24.8 Å². The fourth-order valence-corrected chi connectivity index (χ4v) is 7.68. The summed E-state index contributed by atoms with van der Waals surface area (Å²) in [5.41, 5.74) is -5.88. The van der Waals surface area contributed by atoms with Gasteiger partial charge in [0.1, 0.15) is 12.2 Å². The van der Waals surface area contributed by atoms with E-state index >= 15 is 4.39 Å². The van der Waals surface area contributed by atoms with Crippen LogP contribution in [0.5, 0.6) is 0 Å². The minimum atomic E-state index is -4.93. The molecule has 4 N–H and O–H groups in total. The maximum absolute atomic E-state index is 17.0. The molecule has 178 valence electrons. The van der Waals surface area contributed by atoms with E-state index in [4.69, 9.17) is 9.79 Å². The van der Waals surface area contributed by atoms with E-state index in [-0.39, 0.29) is 12.2 Å². The lowest BCUT2D eigenvalue weighted by Crippen LogP contribution is -2.69. The average molecular weight is 472 g/mol. The number of carbonyl (C=O) groups is 2. The van der Waals surface area contributed by atoms with Gasteiger partial charge in [-0.1, -0.05) is 25.5 Å². The van der Waals surface area contributed by atoms with Gasteiger partial charge in [-0.2, -0.15) is 0 Å². The molecule has 0 spiro atoms. The lowest BCUT2D eigenvalue weighted by molar-refractivity contribution is -0.219. The Bertz CT molecular complexity index is 973. The number of aliphatic hydroxyl groups excluding tert-OH is 1. The van der Waals surface area contributed by atoms with Crippen molar-refractivity contribution in [2.24, 2.45) is 28.6 Å². The van der Waals surface area contributed by atoms with Crippen LogP contribution in [0.4, 0.5) is 4.39 Å². The van der Waals surface area contributed by atoms with Gasteiger partial charge in [0.25, 0.3) is 0 Å². The molecule has 8 atom stereocenters. The molecule has 0 amide bonds. The highest BCUT2D eigenvalue weighted by atomic mass is 31.2. The quantitative estimate of drug-likeness (QED) is 0.456. The zero-order valence-electron chi connectivity index (χ0n) is 18.3. The molecular weight excluding hydrogens is 442 g/mol. The van der Waals surface area contributed by atoms with Crippen LogP contribution in [0.15, 0.2) is 23.8 Å². The van der Waals surface area contributed by atoms with Gasteiger partial charge >= 0.3 is 7.82 Å². The molecule has 0 aliphatic heterocycles. The van der Waals surface area contributed by atoms with Crippen molar-refractivity contribution in [2.45, 2.75) is 63.8 Å². The Kier molecular flexibility index (Phi) is 5.34. The molecule has 0 aromatic carbocycles. The highest BCUT2D eigenvalue weighted by molar-refractivity contribution is 7.46. The topological polar surface area (TPSA) is 141 Å². The highest BCUT2D eigenvalue weighted by Gasteiger charge is 2.75. The van der Waals surface area contributed by atoms with Crippen molar-refractivity contribution in [3.63, 3.8) is 0 Å². The van der Waals surface area contributed by atoms with Crippen LogP contribution >= 0.6 is 7.82 Å². The first-order chi connectivity index (χ1) is 14.6. The third-order valence-electron chi connectivity index (χ3n) is 9.01. The second-order valence-corrected chi connectivity index (χ2v) is 11.6. The van der Waals surface area contributed by atoms with Crippen LogP contribution in [0.25, 0.3) is 0 Å². The monoisotopic (exact) mass is 472 g/mol. The molecule has 32 heavy (non-hydrogen) atoms. The molecule has 0 radical (unpaired) electrons. The van der Waals surface area contributed by atoms with Crippen molar-refractivity contribution in [3.05, 3.63) is 23.8 Å². The number of ketones is 2. The molecule has 4 aliphatic rings. The maximum Gasteiger partial charge on any atom is 0.470 e. The van der Waals surface area contributed by atoms with Crippen LogP contribution in [0, 0.1) is 28.6 Å². The van der Waals surface area contributed by atoms with E-state index in [1.807, 2.05) is 0 Å². The number of hydrogen-bond acceptors (Lipinski definition) is 6. The standard InChI is InChI=1S/C22H30FO8P/c1-12-8-16-15-5-4-13-9-14(24)6-7-19(13,2)21(15,23)17(25)10-20(16,3)22(12,27)18(26)11-31-32(28,29)30/h6-7,9,12,15-17,25,27H,4-5,8,10-11H2,1-3H3,(H2,28,29,30)/t12-,15+,16+,17+,19+,20+,21+,22?/m1/s1. The third kappa shape index (κ3) is 2.95. The van der Waals surface area contributed by atoms with Gasteiger partial charge in [-0.15, -0.1) is 0 Å². The van der Waals surface area contributed by atoms with Crippen molar-refractivity contribution in [1.29, 1.82) is 0 Å². The summed E-state index contributed by atoms with van der Waals surface area (Å²) in [6, 6.07) is 0. The number of carbonyl (C=O) groups excluding carboxylic acids is 2. The lowest BCUT2D eigenvalue weighted by atomic mass is 9.44. The van der Waals surface area contributed by atoms with Crippen molar-refractivity contribution < 1.29 is 43.1 Å². The Hall–Kier alpha value is -1.22. The van der Waals surface area contributed by atoms with Gasteiger partial charge in [0.2, 0.25) is 0 Å². The largest absolute Gasteiger partial charge is 0.470 e. The molecular formula is C22H30FO8P. The summed E-state index contributed by atoms with van der Waals surface area (Å²) in [6.45, 7) is 4.00. The number of phosphoric ester groups is 1. The van der Waals surface area contributed by atoms with Crippen LogP contribution in [-0.4, -0.2) is 55.5 Å². The molecule has 3 fully saturated rings. The number of hydrogen-bond donors (Lipinski definition) is 4. The number of phosphoric acid groups is 1. The zero-order chi connectivity index (χ0) is 23.9. The van der Waals surface area contributed by atoms with Crippen molar-refractivity contribution in [1.82, 2.24) is 0 Å². The minimum absolute atomic E-state index is 0.211. The van der Waals surface area contributed by atoms with Gasteiger partial charge in [0, 0.05) is 16.7 Å².